The lowest BCUT2D eigenvalue weighted by Gasteiger charge is -2.05. The summed E-state index contributed by atoms with van der Waals surface area (Å²) < 4.78 is 0. The summed E-state index contributed by atoms with van der Waals surface area (Å²) in [5.41, 5.74) is 6.60. The first-order valence-corrected chi connectivity index (χ1v) is 6.87. The predicted molar refractivity (Wildman–Crippen MR) is 73.2 cm³/mol. The molecule has 4 heteroatoms. The highest BCUT2D eigenvalue weighted by Gasteiger charge is 1.99. The largest absolute Gasteiger partial charge is 0.355 e. The highest BCUT2D eigenvalue weighted by atomic mass is 32.2. The topological polar surface area (TPSA) is 55.1 Å². The van der Waals surface area contributed by atoms with Crippen molar-refractivity contribution in [2.24, 2.45) is 5.73 Å². The van der Waals surface area contributed by atoms with Gasteiger partial charge in [-0.3, -0.25) is 4.79 Å². The van der Waals surface area contributed by atoms with Gasteiger partial charge in [0.15, 0.2) is 0 Å². The molecule has 0 aliphatic carbocycles. The van der Waals surface area contributed by atoms with E-state index >= 15 is 0 Å². The van der Waals surface area contributed by atoms with E-state index < -0.39 is 0 Å². The van der Waals surface area contributed by atoms with Gasteiger partial charge < -0.3 is 11.1 Å². The van der Waals surface area contributed by atoms with Gasteiger partial charge in [0, 0.05) is 23.6 Å². The maximum absolute atomic E-state index is 11.3. The molecule has 17 heavy (non-hydrogen) atoms. The van der Waals surface area contributed by atoms with Gasteiger partial charge in [-0.2, -0.15) is 0 Å². The van der Waals surface area contributed by atoms with E-state index in [-0.39, 0.29) is 5.91 Å². The van der Waals surface area contributed by atoms with Crippen LogP contribution in [-0.2, 0) is 4.79 Å². The van der Waals surface area contributed by atoms with Crippen LogP contribution in [0, 0.1) is 6.92 Å². The molecule has 0 fully saturated rings. The molecule has 0 unspecified atom stereocenters. The van der Waals surface area contributed by atoms with Crippen molar-refractivity contribution in [3.8, 4) is 0 Å². The van der Waals surface area contributed by atoms with Crippen LogP contribution in [-0.4, -0.2) is 24.7 Å². The monoisotopic (exact) mass is 252 g/mol. The van der Waals surface area contributed by atoms with E-state index in [1.165, 1.54) is 10.5 Å². The van der Waals surface area contributed by atoms with E-state index in [0.717, 1.165) is 12.2 Å². The number of amides is 1. The molecule has 0 bridgehead atoms. The number of rotatable bonds is 7. The van der Waals surface area contributed by atoms with E-state index in [0.29, 0.717) is 19.5 Å². The van der Waals surface area contributed by atoms with E-state index in [1.54, 1.807) is 11.8 Å². The third-order valence-corrected chi connectivity index (χ3v) is 3.34. The lowest BCUT2D eigenvalue weighted by Crippen LogP contribution is -2.25. The fourth-order valence-electron chi connectivity index (χ4n) is 1.34. The Hall–Kier alpha value is -1.00. The Morgan fingerprint density at radius 1 is 1.35 bits per heavy atom. The number of aryl methyl sites for hydroxylation is 1. The van der Waals surface area contributed by atoms with Gasteiger partial charge in [0.05, 0.1) is 0 Å². The Bertz CT molecular complexity index is 338. The smallest absolute Gasteiger partial charge is 0.220 e. The standard InChI is InChI=1S/C13H20N2OS/c1-11-4-6-12(7-5-11)17-10-9-15-13(16)3-2-8-14/h4-7H,2-3,8-10,14H2,1H3,(H,15,16). The molecule has 3 nitrogen and oxygen atoms in total. The van der Waals surface area contributed by atoms with Crippen LogP contribution in [0.5, 0.6) is 0 Å². The Kier molecular flexibility index (Phi) is 6.74. The molecule has 0 saturated heterocycles. The predicted octanol–water partition coefficient (Wildman–Crippen LogP) is 1.94. The minimum absolute atomic E-state index is 0.0972. The second-order valence-electron chi connectivity index (χ2n) is 3.90. The Labute approximate surface area is 107 Å². The molecule has 3 N–H and O–H groups in total. The molecule has 1 aromatic carbocycles. The van der Waals surface area contributed by atoms with Crippen LogP contribution in [0.1, 0.15) is 18.4 Å². The van der Waals surface area contributed by atoms with Crippen molar-refractivity contribution in [2.75, 3.05) is 18.8 Å². The van der Waals surface area contributed by atoms with Crippen LogP contribution in [0.25, 0.3) is 0 Å². The first kappa shape index (κ1) is 14.1. The Balaban J connectivity index is 2.11. The summed E-state index contributed by atoms with van der Waals surface area (Å²) in [5.74, 6) is 0.997. The lowest BCUT2D eigenvalue weighted by atomic mass is 10.2. The summed E-state index contributed by atoms with van der Waals surface area (Å²) in [4.78, 5) is 12.5. The van der Waals surface area contributed by atoms with Crippen LogP contribution < -0.4 is 11.1 Å². The first-order chi connectivity index (χ1) is 8.22. The summed E-state index contributed by atoms with van der Waals surface area (Å²) in [6, 6.07) is 8.41. The van der Waals surface area contributed by atoms with Gasteiger partial charge >= 0.3 is 0 Å². The summed E-state index contributed by atoms with van der Waals surface area (Å²) in [6.45, 7) is 3.36. The number of thioether (sulfide) groups is 1. The summed E-state index contributed by atoms with van der Waals surface area (Å²) in [5, 5.41) is 2.88. The second kappa shape index (κ2) is 8.14. The number of carbonyl (C=O) groups is 1. The van der Waals surface area contributed by atoms with Gasteiger partial charge in [-0.25, -0.2) is 0 Å². The lowest BCUT2D eigenvalue weighted by molar-refractivity contribution is -0.121. The van der Waals surface area contributed by atoms with E-state index in [9.17, 15) is 4.79 Å². The van der Waals surface area contributed by atoms with Crippen LogP contribution in [0.15, 0.2) is 29.2 Å². The highest BCUT2D eigenvalue weighted by molar-refractivity contribution is 7.99. The second-order valence-corrected chi connectivity index (χ2v) is 5.07. The number of hydrogen-bond acceptors (Lipinski definition) is 3. The van der Waals surface area contributed by atoms with Crippen molar-refractivity contribution < 1.29 is 4.79 Å². The SMILES string of the molecule is Cc1ccc(SCCNC(=O)CCCN)cc1. The quantitative estimate of drug-likeness (QED) is 0.576. The number of nitrogens with two attached hydrogens (primary N) is 1. The van der Waals surface area contributed by atoms with E-state index in [4.69, 9.17) is 5.73 Å². The Morgan fingerprint density at radius 2 is 2.06 bits per heavy atom. The number of nitrogens with one attached hydrogen (secondary N) is 1. The van der Waals surface area contributed by atoms with Crippen molar-refractivity contribution in [1.82, 2.24) is 5.32 Å². The van der Waals surface area contributed by atoms with Gasteiger partial charge in [0.2, 0.25) is 5.91 Å². The van der Waals surface area contributed by atoms with Crippen molar-refractivity contribution in [1.29, 1.82) is 0 Å². The molecule has 1 amide bonds. The van der Waals surface area contributed by atoms with Gasteiger partial charge in [0.1, 0.15) is 0 Å². The fraction of sp³-hybridized carbons (Fsp3) is 0.462. The third kappa shape index (κ3) is 6.34. The maximum Gasteiger partial charge on any atom is 0.220 e. The van der Waals surface area contributed by atoms with Crippen molar-refractivity contribution in [2.45, 2.75) is 24.7 Å². The van der Waals surface area contributed by atoms with Crippen LogP contribution in [0.2, 0.25) is 0 Å². The normalized spacial score (nSPS) is 10.2. The molecule has 0 heterocycles. The van der Waals surface area contributed by atoms with E-state index in [2.05, 4.69) is 36.5 Å². The zero-order valence-corrected chi connectivity index (χ0v) is 11.1. The van der Waals surface area contributed by atoms with Crippen molar-refractivity contribution in [3.05, 3.63) is 29.8 Å². The molecule has 94 valence electrons. The minimum Gasteiger partial charge on any atom is -0.355 e. The molecular weight excluding hydrogens is 232 g/mol. The summed E-state index contributed by atoms with van der Waals surface area (Å²) in [6.07, 6.45) is 1.29. The average molecular weight is 252 g/mol. The van der Waals surface area contributed by atoms with Crippen molar-refractivity contribution in [3.63, 3.8) is 0 Å². The van der Waals surface area contributed by atoms with Crippen LogP contribution >= 0.6 is 11.8 Å². The summed E-state index contributed by atoms with van der Waals surface area (Å²) >= 11 is 1.76. The molecule has 0 atom stereocenters. The van der Waals surface area contributed by atoms with Gasteiger partial charge in [0.25, 0.3) is 0 Å². The van der Waals surface area contributed by atoms with Crippen molar-refractivity contribution >= 4 is 17.7 Å². The molecule has 1 rings (SSSR count). The Morgan fingerprint density at radius 3 is 2.71 bits per heavy atom. The summed E-state index contributed by atoms with van der Waals surface area (Å²) in [7, 11) is 0. The molecular formula is C13H20N2OS. The fourth-order valence-corrected chi connectivity index (χ4v) is 2.11. The van der Waals surface area contributed by atoms with Crippen LogP contribution in [0.3, 0.4) is 0 Å². The first-order valence-electron chi connectivity index (χ1n) is 5.88. The minimum atomic E-state index is 0.0972. The highest BCUT2D eigenvalue weighted by Crippen LogP contribution is 2.17. The molecule has 0 radical (unpaired) electrons. The number of carbonyl (C=O) groups excluding carboxylic acids is 1. The molecule has 0 spiro atoms. The molecule has 0 aliphatic heterocycles. The number of benzene rings is 1. The van der Waals surface area contributed by atoms with E-state index in [1.807, 2.05) is 0 Å². The molecule has 1 aromatic rings. The van der Waals surface area contributed by atoms with Gasteiger partial charge in [-0.15, -0.1) is 11.8 Å². The average Bonchev–Trinajstić information content (AvgIpc) is 2.34. The molecule has 0 aliphatic rings. The maximum atomic E-state index is 11.3. The molecule has 0 aromatic heterocycles. The number of hydrogen-bond donors (Lipinski definition) is 2. The zero-order chi connectivity index (χ0) is 12.5. The van der Waals surface area contributed by atoms with Crippen LogP contribution in [0.4, 0.5) is 0 Å². The zero-order valence-electron chi connectivity index (χ0n) is 10.2. The molecule has 0 saturated carbocycles. The van der Waals surface area contributed by atoms with Gasteiger partial charge in [-0.1, -0.05) is 17.7 Å². The third-order valence-electron chi connectivity index (χ3n) is 2.32. The van der Waals surface area contributed by atoms with Gasteiger partial charge in [-0.05, 0) is 32.0 Å².